The Hall–Kier alpha value is -1.61. The van der Waals surface area contributed by atoms with Crippen molar-refractivity contribution < 1.29 is 5.21 Å². The first kappa shape index (κ1) is 12.8. The Balaban J connectivity index is 1.96. The third-order valence-electron chi connectivity index (χ3n) is 3.33. The molecule has 1 aliphatic rings. The lowest BCUT2D eigenvalue weighted by Crippen LogP contribution is -2.28. The van der Waals surface area contributed by atoms with Crippen LogP contribution in [-0.4, -0.2) is 36.0 Å². The van der Waals surface area contributed by atoms with Crippen molar-refractivity contribution in [2.45, 2.75) is 19.3 Å². The van der Waals surface area contributed by atoms with Gasteiger partial charge in [-0.3, -0.25) is 0 Å². The topological polar surface area (TPSA) is 35.8 Å². The molecule has 1 N–H and O–H groups in total. The number of aryl methyl sites for hydroxylation is 1. The highest BCUT2D eigenvalue weighted by Crippen LogP contribution is 2.13. The molecule has 0 amide bonds. The zero-order valence-corrected chi connectivity index (χ0v) is 10.8. The molecule has 3 nitrogen and oxygen atoms in total. The minimum absolute atomic E-state index is 0.792. The van der Waals surface area contributed by atoms with E-state index in [1.165, 1.54) is 11.1 Å². The smallest absolute Gasteiger partial charge is 0.0840 e. The van der Waals surface area contributed by atoms with E-state index in [0.717, 1.165) is 38.1 Å². The second-order valence-electron chi connectivity index (χ2n) is 4.79. The molecule has 0 aliphatic carbocycles. The first-order chi connectivity index (χ1) is 8.79. The van der Waals surface area contributed by atoms with Gasteiger partial charge in [-0.1, -0.05) is 41.6 Å². The predicted octanol–water partition coefficient (Wildman–Crippen LogP) is 2.71. The van der Waals surface area contributed by atoms with Crippen LogP contribution in [0.2, 0.25) is 0 Å². The number of benzene rings is 1. The summed E-state index contributed by atoms with van der Waals surface area (Å²) in [7, 11) is 2.10. The summed E-state index contributed by atoms with van der Waals surface area (Å²) in [5, 5.41) is 12.7. The standard InChI is InChI=1S/C15H20N2O/c1-17-11-5-8-14(12-17)15(16-18)10-9-13-6-3-2-4-7-13/h2-4,6-8,18H,5,9-12H2,1H3/b16-15+. The van der Waals surface area contributed by atoms with Gasteiger partial charge >= 0.3 is 0 Å². The van der Waals surface area contributed by atoms with Gasteiger partial charge < -0.3 is 10.1 Å². The summed E-state index contributed by atoms with van der Waals surface area (Å²) in [6.45, 7) is 1.97. The molecule has 1 heterocycles. The van der Waals surface area contributed by atoms with E-state index in [4.69, 9.17) is 0 Å². The molecule has 1 aliphatic heterocycles. The highest BCUT2D eigenvalue weighted by atomic mass is 16.4. The Morgan fingerprint density at radius 2 is 2.11 bits per heavy atom. The molecule has 18 heavy (non-hydrogen) atoms. The first-order valence-electron chi connectivity index (χ1n) is 6.42. The number of hydrogen-bond acceptors (Lipinski definition) is 3. The maximum Gasteiger partial charge on any atom is 0.0840 e. The largest absolute Gasteiger partial charge is 0.411 e. The van der Waals surface area contributed by atoms with Crippen LogP contribution in [0.15, 0.2) is 47.1 Å². The van der Waals surface area contributed by atoms with Crippen molar-refractivity contribution >= 4 is 5.71 Å². The van der Waals surface area contributed by atoms with E-state index < -0.39 is 0 Å². The Labute approximate surface area is 108 Å². The van der Waals surface area contributed by atoms with Crippen LogP contribution < -0.4 is 0 Å². The second kappa shape index (κ2) is 6.36. The molecule has 2 rings (SSSR count). The minimum Gasteiger partial charge on any atom is -0.411 e. The molecule has 0 atom stereocenters. The van der Waals surface area contributed by atoms with Crippen molar-refractivity contribution in [2.75, 3.05) is 20.1 Å². The van der Waals surface area contributed by atoms with E-state index in [1.807, 2.05) is 18.2 Å². The number of rotatable bonds is 4. The summed E-state index contributed by atoms with van der Waals surface area (Å²) in [6.07, 6.45) is 4.94. The Morgan fingerprint density at radius 1 is 1.33 bits per heavy atom. The lowest BCUT2D eigenvalue weighted by Gasteiger charge is -2.23. The predicted molar refractivity (Wildman–Crippen MR) is 74.2 cm³/mol. The molecule has 0 fully saturated rings. The lowest BCUT2D eigenvalue weighted by atomic mass is 9.99. The van der Waals surface area contributed by atoms with Crippen molar-refractivity contribution in [3.05, 3.63) is 47.5 Å². The van der Waals surface area contributed by atoms with Gasteiger partial charge in [0.25, 0.3) is 0 Å². The fraction of sp³-hybridized carbons (Fsp3) is 0.400. The van der Waals surface area contributed by atoms with E-state index in [2.05, 4.69) is 35.3 Å². The summed E-state index contributed by atoms with van der Waals surface area (Å²) >= 11 is 0. The summed E-state index contributed by atoms with van der Waals surface area (Å²) in [5.41, 5.74) is 3.27. The van der Waals surface area contributed by atoms with Gasteiger partial charge in [0.2, 0.25) is 0 Å². The lowest BCUT2D eigenvalue weighted by molar-refractivity contribution is 0.315. The van der Waals surface area contributed by atoms with Crippen molar-refractivity contribution in [3.8, 4) is 0 Å². The Bertz CT molecular complexity index is 437. The average Bonchev–Trinajstić information content (AvgIpc) is 2.41. The molecule has 3 heteroatoms. The molecule has 0 bridgehead atoms. The van der Waals surface area contributed by atoms with E-state index in [9.17, 15) is 5.21 Å². The second-order valence-corrected chi connectivity index (χ2v) is 4.79. The van der Waals surface area contributed by atoms with Gasteiger partial charge in [-0.2, -0.15) is 0 Å². The minimum atomic E-state index is 0.792. The van der Waals surface area contributed by atoms with Gasteiger partial charge in [0.15, 0.2) is 0 Å². The van der Waals surface area contributed by atoms with E-state index in [1.54, 1.807) is 0 Å². The van der Waals surface area contributed by atoms with Crippen LogP contribution in [-0.2, 0) is 6.42 Å². The molecule has 0 radical (unpaired) electrons. The van der Waals surface area contributed by atoms with E-state index in [0.29, 0.717) is 0 Å². The van der Waals surface area contributed by atoms with Crippen LogP contribution in [0.25, 0.3) is 0 Å². The van der Waals surface area contributed by atoms with Gasteiger partial charge in [0.1, 0.15) is 0 Å². The Kier molecular flexibility index (Phi) is 4.53. The molecule has 0 spiro atoms. The van der Waals surface area contributed by atoms with Crippen LogP contribution in [0.4, 0.5) is 0 Å². The molecular weight excluding hydrogens is 224 g/mol. The van der Waals surface area contributed by atoms with Crippen molar-refractivity contribution in [2.24, 2.45) is 5.16 Å². The van der Waals surface area contributed by atoms with E-state index >= 15 is 0 Å². The molecule has 0 aromatic heterocycles. The summed E-state index contributed by atoms with van der Waals surface area (Å²) < 4.78 is 0. The number of oxime groups is 1. The van der Waals surface area contributed by atoms with Crippen LogP contribution in [0, 0.1) is 0 Å². The third-order valence-corrected chi connectivity index (χ3v) is 3.33. The van der Waals surface area contributed by atoms with Crippen molar-refractivity contribution in [1.29, 1.82) is 0 Å². The monoisotopic (exact) mass is 244 g/mol. The Morgan fingerprint density at radius 3 is 2.78 bits per heavy atom. The molecule has 0 saturated carbocycles. The van der Waals surface area contributed by atoms with Gasteiger partial charge in [-0.25, -0.2) is 0 Å². The fourth-order valence-electron chi connectivity index (χ4n) is 2.28. The molecule has 0 saturated heterocycles. The van der Waals surface area contributed by atoms with Gasteiger partial charge in [0, 0.05) is 13.1 Å². The molecule has 1 aromatic rings. The van der Waals surface area contributed by atoms with E-state index in [-0.39, 0.29) is 0 Å². The molecule has 96 valence electrons. The summed E-state index contributed by atoms with van der Waals surface area (Å²) in [6, 6.07) is 10.3. The molecule has 0 unspecified atom stereocenters. The van der Waals surface area contributed by atoms with Crippen molar-refractivity contribution in [3.63, 3.8) is 0 Å². The summed E-state index contributed by atoms with van der Waals surface area (Å²) in [4.78, 5) is 2.25. The SMILES string of the molecule is CN1CCC=C(/C(CCc2ccccc2)=N/O)C1. The van der Waals surface area contributed by atoms with Crippen LogP contribution in [0.1, 0.15) is 18.4 Å². The average molecular weight is 244 g/mol. The maximum atomic E-state index is 9.17. The summed E-state index contributed by atoms with van der Waals surface area (Å²) in [5.74, 6) is 0. The van der Waals surface area contributed by atoms with Crippen LogP contribution in [0.3, 0.4) is 0 Å². The zero-order chi connectivity index (χ0) is 12.8. The number of nitrogens with zero attached hydrogens (tertiary/aromatic N) is 2. The zero-order valence-electron chi connectivity index (χ0n) is 10.8. The van der Waals surface area contributed by atoms with Crippen LogP contribution in [0.5, 0.6) is 0 Å². The van der Waals surface area contributed by atoms with Crippen molar-refractivity contribution in [1.82, 2.24) is 4.90 Å². The fourth-order valence-corrected chi connectivity index (χ4v) is 2.28. The maximum absolute atomic E-state index is 9.17. The molecular formula is C15H20N2O. The van der Waals surface area contributed by atoms with Gasteiger partial charge in [0.05, 0.1) is 5.71 Å². The normalized spacial score (nSPS) is 17.6. The van der Waals surface area contributed by atoms with Gasteiger partial charge in [-0.15, -0.1) is 0 Å². The van der Waals surface area contributed by atoms with Crippen LogP contribution >= 0.6 is 0 Å². The first-order valence-corrected chi connectivity index (χ1v) is 6.42. The number of likely N-dealkylation sites (N-methyl/N-ethyl adjacent to an activating group) is 1. The highest BCUT2D eigenvalue weighted by Gasteiger charge is 2.14. The third kappa shape index (κ3) is 3.44. The molecule has 1 aromatic carbocycles. The number of hydrogen-bond donors (Lipinski definition) is 1. The highest BCUT2D eigenvalue weighted by molar-refractivity contribution is 6.00. The van der Waals surface area contributed by atoms with Gasteiger partial charge in [-0.05, 0) is 37.4 Å². The quantitative estimate of drug-likeness (QED) is 0.502.